The average molecular weight is 587 g/mol. The summed E-state index contributed by atoms with van der Waals surface area (Å²) in [6, 6.07) is 30.5. The Morgan fingerprint density at radius 1 is 0.886 bits per heavy atom. The van der Waals surface area contributed by atoms with Crippen LogP contribution in [0, 0.1) is 13.8 Å². The standard InChI is InChI=1S/C36H34N4O4/c1-23-17-24(2)19-27(18-23)37-34(41)30(20-25-11-6-4-7-12-25)40-22-31-32(35(40)42)33(38-36(43)39(31)3)26-13-10-16-29(21-26)44-28-14-8-5-9-15-28/h4-19,21,30,33H,20,22H2,1-3H3,(H,37,41)(H,38,43)/t30-,33-/m1/s1. The number of para-hydroxylation sites is 1. The number of amides is 4. The van der Waals surface area contributed by atoms with Crippen LogP contribution < -0.4 is 15.4 Å². The molecule has 4 amide bonds. The highest BCUT2D eigenvalue weighted by Crippen LogP contribution is 2.38. The zero-order chi connectivity index (χ0) is 30.8. The fraction of sp³-hybridized carbons (Fsp3) is 0.194. The van der Waals surface area contributed by atoms with E-state index in [1.807, 2.05) is 117 Å². The number of urea groups is 1. The topological polar surface area (TPSA) is 91.0 Å². The van der Waals surface area contributed by atoms with E-state index in [0.29, 0.717) is 40.4 Å². The minimum absolute atomic E-state index is 0.132. The molecule has 2 aliphatic heterocycles. The van der Waals surface area contributed by atoms with Crippen molar-refractivity contribution in [1.82, 2.24) is 15.1 Å². The molecule has 0 fully saturated rings. The first-order valence-corrected chi connectivity index (χ1v) is 14.6. The number of ether oxygens (including phenoxy) is 1. The van der Waals surface area contributed by atoms with Gasteiger partial charge in [-0.25, -0.2) is 4.79 Å². The molecule has 8 nitrogen and oxygen atoms in total. The van der Waals surface area contributed by atoms with Crippen molar-refractivity contribution in [3.8, 4) is 11.5 Å². The summed E-state index contributed by atoms with van der Waals surface area (Å²) in [5, 5.41) is 6.04. The van der Waals surface area contributed by atoms with Crippen molar-refractivity contribution < 1.29 is 19.1 Å². The van der Waals surface area contributed by atoms with Crippen molar-refractivity contribution >= 4 is 23.5 Å². The fourth-order valence-electron chi connectivity index (χ4n) is 5.93. The van der Waals surface area contributed by atoms with Gasteiger partial charge in [-0.15, -0.1) is 0 Å². The maximum Gasteiger partial charge on any atom is 0.322 e. The Morgan fingerprint density at radius 3 is 2.25 bits per heavy atom. The number of benzene rings is 4. The van der Waals surface area contributed by atoms with Crippen molar-refractivity contribution in [3.63, 3.8) is 0 Å². The molecule has 2 heterocycles. The molecule has 6 rings (SSSR count). The number of likely N-dealkylation sites (N-methyl/N-ethyl adjacent to an activating group) is 1. The number of hydrogen-bond donors (Lipinski definition) is 2. The van der Waals surface area contributed by atoms with Gasteiger partial charge in [0.25, 0.3) is 5.91 Å². The van der Waals surface area contributed by atoms with Crippen LogP contribution in [0.3, 0.4) is 0 Å². The second-order valence-corrected chi connectivity index (χ2v) is 11.3. The number of hydrogen-bond acceptors (Lipinski definition) is 4. The average Bonchev–Trinajstić information content (AvgIpc) is 3.35. The van der Waals surface area contributed by atoms with Gasteiger partial charge in [0, 0.05) is 19.2 Å². The fourth-order valence-corrected chi connectivity index (χ4v) is 5.93. The molecule has 0 aromatic heterocycles. The van der Waals surface area contributed by atoms with Crippen LogP contribution in [-0.4, -0.2) is 47.3 Å². The lowest BCUT2D eigenvalue weighted by atomic mass is 9.95. The number of aryl methyl sites for hydroxylation is 2. The Kier molecular flexibility index (Phi) is 7.89. The Labute approximate surface area is 256 Å². The lowest BCUT2D eigenvalue weighted by Gasteiger charge is -2.31. The first-order chi connectivity index (χ1) is 21.3. The molecule has 44 heavy (non-hydrogen) atoms. The lowest BCUT2D eigenvalue weighted by molar-refractivity contribution is -0.134. The molecule has 8 heteroatoms. The van der Waals surface area contributed by atoms with Crippen LogP contribution in [0.25, 0.3) is 0 Å². The third kappa shape index (κ3) is 5.92. The Hall–Kier alpha value is -5.37. The van der Waals surface area contributed by atoms with Gasteiger partial charge in [0.05, 0.1) is 23.9 Å². The summed E-state index contributed by atoms with van der Waals surface area (Å²) in [6.07, 6.45) is 0.319. The molecule has 0 aliphatic carbocycles. The van der Waals surface area contributed by atoms with Gasteiger partial charge in [0.2, 0.25) is 5.91 Å². The number of carbonyl (C=O) groups is 3. The van der Waals surface area contributed by atoms with Gasteiger partial charge < -0.3 is 20.3 Å². The van der Waals surface area contributed by atoms with Crippen molar-refractivity contribution in [3.05, 3.63) is 137 Å². The van der Waals surface area contributed by atoms with Gasteiger partial charge in [-0.1, -0.05) is 66.7 Å². The number of nitrogens with one attached hydrogen (secondary N) is 2. The van der Waals surface area contributed by atoms with E-state index < -0.39 is 12.1 Å². The molecule has 2 aliphatic rings. The van der Waals surface area contributed by atoms with Gasteiger partial charge in [0.15, 0.2) is 0 Å². The smallest absolute Gasteiger partial charge is 0.322 e. The molecular weight excluding hydrogens is 552 g/mol. The van der Waals surface area contributed by atoms with Crippen molar-refractivity contribution in [2.45, 2.75) is 32.4 Å². The van der Waals surface area contributed by atoms with E-state index in [4.69, 9.17) is 4.74 Å². The van der Waals surface area contributed by atoms with Gasteiger partial charge in [-0.2, -0.15) is 0 Å². The summed E-state index contributed by atoms with van der Waals surface area (Å²) in [4.78, 5) is 44.5. The van der Waals surface area contributed by atoms with Crippen LogP contribution in [0.1, 0.15) is 28.3 Å². The third-order valence-electron chi connectivity index (χ3n) is 8.00. The lowest BCUT2D eigenvalue weighted by Crippen LogP contribution is -2.47. The molecule has 2 atom stereocenters. The van der Waals surface area contributed by atoms with E-state index in [0.717, 1.165) is 16.7 Å². The number of rotatable bonds is 8. The highest BCUT2D eigenvalue weighted by atomic mass is 16.5. The normalized spacial score (nSPS) is 16.8. The second-order valence-electron chi connectivity index (χ2n) is 11.3. The third-order valence-corrected chi connectivity index (χ3v) is 8.00. The van der Waals surface area contributed by atoms with Crippen LogP contribution in [0.4, 0.5) is 10.5 Å². The molecule has 0 radical (unpaired) electrons. The molecule has 0 unspecified atom stereocenters. The molecule has 0 bridgehead atoms. The molecule has 222 valence electrons. The minimum Gasteiger partial charge on any atom is -0.457 e. The molecule has 0 saturated heterocycles. The summed E-state index contributed by atoms with van der Waals surface area (Å²) in [7, 11) is 1.65. The molecule has 4 aromatic rings. The maximum atomic E-state index is 14.3. The summed E-state index contributed by atoms with van der Waals surface area (Å²) >= 11 is 0. The first-order valence-electron chi connectivity index (χ1n) is 14.6. The largest absolute Gasteiger partial charge is 0.457 e. The van der Waals surface area contributed by atoms with Gasteiger partial charge >= 0.3 is 6.03 Å². The van der Waals surface area contributed by atoms with Gasteiger partial charge in [-0.3, -0.25) is 14.5 Å². The second kappa shape index (κ2) is 12.1. The number of anilines is 1. The highest BCUT2D eigenvalue weighted by Gasteiger charge is 2.46. The predicted molar refractivity (Wildman–Crippen MR) is 169 cm³/mol. The Balaban J connectivity index is 1.32. The van der Waals surface area contributed by atoms with E-state index in [9.17, 15) is 14.4 Å². The van der Waals surface area contributed by atoms with E-state index in [-0.39, 0.29) is 24.4 Å². The first kappa shape index (κ1) is 28.7. The Morgan fingerprint density at radius 2 is 1.55 bits per heavy atom. The van der Waals surface area contributed by atoms with E-state index in [1.165, 1.54) is 4.90 Å². The quantitative estimate of drug-likeness (QED) is 0.260. The Bertz CT molecular complexity index is 1730. The van der Waals surface area contributed by atoms with Crippen LogP contribution in [-0.2, 0) is 16.0 Å². The molecule has 0 saturated carbocycles. The van der Waals surface area contributed by atoms with Crippen LogP contribution in [0.5, 0.6) is 11.5 Å². The van der Waals surface area contributed by atoms with Crippen LogP contribution in [0.2, 0.25) is 0 Å². The number of carbonyl (C=O) groups excluding carboxylic acids is 3. The van der Waals surface area contributed by atoms with Crippen LogP contribution >= 0.6 is 0 Å². The summed E-state index contributed by atoms with van der Waals surface area (Å²) in [5.41, 5.74) is 5.40. The highest BCUT2D eigenvalue weighted by molar-refractivity contribution is 6.05. The van der Waals surface area contributed by atoms with E-state index in [1.54, 1.807) is 11.9 Å². The predicted octanol–water partition coefficient (Wildman–Crippen LogP) is 6.14. The zero-order valence-corrected chi connectivity index (χ0v) is 24.9. The SMILES string of the molecule is Cc1cc(C)cc(NC(=O)[C@@H](Cc2ccccc2)N2CC3=C(C2=O)[C@@H](c2cccc(Oc4ccccc4)c2)NC(=O)N3C)c1. The van der Waals surface area contributed by atoms with Gasteiger partial charge in [0.1, 0.15) is 17.5 Å². The summed E-state index contributed by atoms with van der Waals surface area (Å²) in [5.74, 6) is 0.686. The van der Waals surface area contributed by atoms with E-state index in [2.05, 4.69) is 10.6 Å². The summed E-state index contributed by atoms with van der Waals surface area (Å²) < 4.78 is 6.04. The van der Waals surface area contributed by atoms with Crippen molar-refractivity contribution in [1.29, 1.82) is 0 Å². The van der Waals surface area contributed by atoms with Gasteiger partial charge in [-0.05, 0) is 72.5 Å². The van der Waals surface area contributed by atoms with Crippen molar-refractivity contribution in [2.75, 3.05) is 18.9 Å². The monoisotopic (exact) mass is 586 g/mol. The number of nitrogens with zero attached hydrogens (tertiary/aromatic N) is 2. The summed E-state index contributed by atoms with van der Waals surface area (Å²) in [6.45, 7) is 4.09. The molecular formula is C36H34N4O4. The minimum atomic E-state index is -0.812. The zero-order valence-electron chi connectivity index (χ0n) is 24.9. The van der Waals surface area contributed by atoms with E-state index >= 15 is 0 Å². The molecule has 0 spiro atoms. The molecule has 4 aromatic carbocycles. The van der Waals surface area contributed by atoms with Crippen LogP contribution in [0.15, 0.2) is 114 Å². The van der Waals surface area contributed by atoms with Crippen molar-refractivity contribution in [2.24, 2.45) is 0 Å². The molecule has 2 N–H and O–H groups in total. The maximum absolute atomic E-state index is 14.3.